The third-order valence-electron chi connectivity index (χ3n) is 1.66. The van der Waals surface area contributed by atoms with Gasteiger partial charge >= 0.3 is 6.09 Å². The Labute approximate surface area is 99.7 Å². The van der Waals surface area contributed by atoms with Gasteiger partial charge in [-0.15, -0.1) is 5.11 Å². The molecular formula is C9H7F2N5O2. The summed E-state index contributed by atoms with van der Waals surface area (Å²) in [6.07, 6.45) is -0.975. The van der Waals surface area contributed by atoms with E-state index in [4.69, 9.17) is 5.53 Å². The van der Waals surface area contributed by atoms with Gasteiger partial charge in [-0.2, -0.15) is 0 Å². The van der Waals surface area contributed by atoms with Gasteiger partial charge in [0.1, 0.15) is 17.3 Å². The number of carbonyl (C=O) groups is 1. The van der Waals surface area contributed by atoms with E-state index in [9.17, 15) is 13.6 Å². The van der Waals surface area contributed by atoms with E-state index in [1.807, 2.05) is 0 Å². The molecule has 0 radical (unpaired) electrons. The van der Waals surface area contributed by atoms with Crippen molar-refractivity contribution in [3.63, 3.8) is 0 Å². The monoisotopic (exact) mass is 255 g/mol. The molecule has 1 rings (SSSR count). The molecule has 9 heteroatoms. The summed E-state index contributed by atoms with van der Waals surface area (Å²) in [5.74, 6) is -2.21. The Hall–Kier alpha value is -2.54. The van der Waals surface area contributed by atoms with Gasteiger partial charge in [0.25, 0.3) is 0 Å². The Morgan fingerprint density at radius 3 is 2.56 bits per heavy atom. The first-order chi connectivity index (χ1) is 8.58. The molecule has 1 aromatic rings. The minimum Gasteiger partial charge on any atom is -0.447 e. The number of halogens is 2. The number of azide groups is 1. The highest BCUT2D eigenvalue weighted by atomic mass is 19.1. The minimum absolute atomic E-state index is 0.108. The summed E-state index contributed by atoms with van der Waals surface area (Å²) in [4.78, 5) is 13.1. The van der Waals surface area contributed by atoms with Crippen molar-refractivity contribution in [1.82, 2.24) is 0 Å². The van der Waals surface area contributed by atoms with Gasteiger partial charge in [0.2, 0.25) is 0 Å². The molecule has 0 atom stereocenters. The van der Waals surface area contributed by atoms with Crippen molar-refractivity contribution in [2.45, 2.75) is 6.92 Å². The predicted octanol–water partition coefficient (Wildman–Crippen LogP) is 4.15. The largest absolute Gasteiger partial charge is 0.452 e. The molecule has 0 aliphatic rings. The third-order valence-corrected chi connectivity index (χ3v) is 1.66. The van der Waals surface area contributed by atoms with Crippen LogP contribution in [0.2, 0.25) is 0 Å². The molecule has 0 N–H and O–H groups in total. The standard InChI is InChI=1S/C9H7F2N5O2/c1-2-18-9(17)15-13-5-3-6(10)8(14-16-12)7(11)4-5/h3-4H,2H2,1H3. The van der Waals surface area contributed by atoms with Crippen LogP contribution in [0.1, 0.15) is 6.92 Å². The van der Waals surface area contributed by atoms with Crippen molar-refractivity contribution in [3.8, 4) is 0 Å². The van der Waals surface area contributed by atoms with Gasteiger partial charge in [-0.3, -0.25) is 0 Å². The van der Waals surface area contributed by atoms with Gasteiger partial charge in [-0.05, 0) is 12.5 Å². The van der Waals surface area contributed by atoms with Gasteiger partial charge < -0.3 is 4.74 Å². The molecule has 0 saturated carbocycles. The fourth-order valence-corrected chi connectivity index (χ4v) is 1.00. The quantitative estimate of drug-likeness (QED) is 0.460. The second-order valence-corrected chi connectivity index (χ2v) is 2.85. The average molecular weight is 255 g/mol. The Kier molecular flexibility index (Phi) is 4.70. The highest BCUT2D eigenvalue weighted by molar-refractivity contribution is 5.68. The molecule has 1 aromatic carbocycles. The minimum atomic E-state index is -1.11. The summed E-state index contributed by atoms with van der Waals surface area (Å²) < 4.78 is 30.9. The number of hydrogen-bond acceptors (Lipinski definition) is 4. The lowest BCUT2D eigenvalue weighted by Crippen LogP contribution is -1.95. The van der Waals surface area contributed by atoms with Crippen LogP contribution in [0.15, 0.2) is 27.5 Å². The number of amides is 1. The highest BCUT2D eigenvalue weighted by Crippen LogP contribution is 2.27. The molecule has 0 saturated heterocycles. The van der Waals surface area contributed by atoms with Gasteiger partial charge in [0.15, 0.2) is 0 Å². The van der Waals surface area contributed by atoms with Crippen molar-refractivity contribution < 1.29 is 18.3 Å². The van der Waals surface area contributed by atoms with Crippen LogP contribution in [0.4, 0.5) is 25.0 Å². The molecular weight excluding hydrogens is 248 g/mol. The van der Waals surface area contributed by atoms with Crippen molar-refractivity contribution in [1.29, 1.82) is 0 Å². The first kappa shape index (κ1) is 13.5. The zero-order valence-corrected chi connectivity index (χ0v) is 9.17. The maximum absolute atomic E-state index is 13.2. The zero-order valence-electron chi connectivity index (χ0n) is 9.17. The van der Waals surface area contributed by atoms with Crippen LogP contribution in [0.25, 0.3) is 10.4 Å². The van der Waals surface area contributed by atoms with Gasteiger partial charge in [-0.1, -0.05) is 10.2 Å². The molecule has 94 valence electrons. The predicted molar refractivity (Wildman–Crippen MR) is 56.7 cm³/mol. The second-order valence-electron chi connectivity index (χ2n) is 2.85. The normalized spacial score (nSPS) is 10.2. The van der Waals surface area contributed by atoms with Crippen LogP contribution in [-0.4, -0.2) is 12.7 Å². The number of azo groups is 1. The van der Waals surface area contributed by atoms with E-state index in [0.717, 1.165) is 12.1 Å². The lowest BCUT2D eigenvalue weighted by Gasteiger charge is -1.99. The first-order valence-electron chi connectivity index (χ1n) is 4.71. The fraction of sp³-hybridized carbons (Fsp3) is 0.222. The van der Waals surface area contributed by atoms with Crippen molar-refractivity contribution in [2.75, 3.05) is 6.61 Å². The molecule has 1 amide bonds. The smallest absolute Gasteiger partial charge is 0.447 e. The lowest BCUT2D eigenvalue weighted by atomic mass is 10.2. The number of benzene rings is 1. The molecule has 18 heavy (non-hydrogen) atoms. The number of nitrogens with zero attached hydrogens (tertiary/aromatic N) is 5. The number of ether oxygens (including phenoxy) is 1. The summed E-state index contributed by atoms with van der Waals surface area (Å²) in [6.45, 7) is 1.68. The molecule has 0 heterocycles. The third kappa shape index (κ3) is 3.49. The van der Waals surface area contributed by atoms with Gasteiger partial charge in [0, 0.05) is 17.0 Å². The Balaban J connectivity index is 3.00. The van der Waals surface area contributed by atoms with Crippen LogP contribution < -0.4 is 0 Å². The van der Waals surface area contributed by atoms with Crippen LogP contribution in [0, 0.1) is 11.6 Å². The van der Waals surface area contributed by atoms with E-state index < -0.39 is 23.4 Å². The zero-order chi connectivity index (χ0) is 13.5. The average Bonchev–Trinajstić information content (AvgIpc) is 2.32. The number of carbonyl (C=O) groups excluding carboxylic acids is 1. The molecule has 0 aliphatic carbocycles. The van der Waals surface area contributed by atoms with E-state index in [2.05, 4.69) is 25.0 Å². The number of rotatable bonds is 3. The SMILES string of the molecule is CCOC(=O)N=Nc1cc(F)c(N=[N+]=[N-])c(F)c1. The molecule has 0 bridgehead atoms. The van der Waals surface area contributed by atoms with E-state index >= 15 is 0 Å². The summed E-state index contributed by atoms with van der Waals surface area (Å²) in [7, 11) is 0. The summed E-state index contributed by atoms with van der Waals surface area (Å²) >= 11 is 0. The topological polar surface area (TPSA) is 99.8 Å². The van der Waals surface area contributed by atoms with Gasteiger partial charge in [0.05, 0.1) is 12.3 Å². The van der Waals surface area contributed by atoms with Crippen LogP contribution in [0.5, 0.6) is 0 Å². The van der Waals surface area contributed by atoms with Crippen molar-refractivity contribution >= 4 is 17.5 Å². The lowest BCUT2D eigenvalue weighted by molar-refractivity contribution is 0.162. The Morgan fingerprint density at radius 1 is 1.44 bits per heavy atom. The maximum Gasteiger partial charge on any atom is 0.452 e. The van der Waals surface area contributed by atoms with Gasteiger partial charge in [-0.25, -0.2) is 13.6 Å². The Morgan fingerprint density at radius 2 is 2.06 bits per heavy atom. The maximum atomic E-state index is 13.2. The van der Waals surface area contributed by atoms with Crippen LogP contribution >= 0.6 is 0 Å². The van der Waals surface area contributed by atoms with E-state index in [1.165, 1.54) is 0 Å². The van der Waals surface area contributed by atoms with Crippen LogP contribution in [-0.2, 0) is 4.74 Å². The highest BCUT2D eigenvalue weighted by Gasteiger charge is 2.09. The van der Waals surface area contributed by atoms with Crippen molar-refractivity contribution in [2.24, 2.45) is 15.3 Å². The summed E-state index contributed by atoms with van der Waals surface area (Å²) in [5.41, 5.74) is 7.08. The van der Waals surface area contributed by atoms with Crippen LogP contribution in [0.3, 0.4) is 0 Å². The fourth-order valence-electron chi connectivity index (χ4n) is 1.00. The molecule has 0 aliphatic heterocycles. The van der Waals surface area contributed by atoms with E-state index in [0.29, 0.717) is 0 Å². The summed E-state index contributed by atoms with van der Waals surface area (Å²) in [5, 5.41) is 9.19. The molecule has 0 fully saturated rings. The van der Waals surface area contributed by atoms with E-state index in [1.54, 1.807) is 6.92 Å². The number of hydrogen-bond donors (Lipinski definition) is 0. The molecule has 0 unspecified atom stereocenters. The molecule has 0 spiro atoms. The Bertz CT molecular complexity index is 517. The molecule has 7 nitrogen and oxygen atoms in total. The van der Waals surface area contributed by atoms with Crippen molar-refractivity contribution in [3.05, 3.63) is 34.2 Å². The summed E-state index contributed by atoms with van der Waals surface area (Å²) in [6, 6.07) is 1.55. The van der Waals surface area contributed by atoms with E-state index in [-0.39, 0.29) is 12.3 Å². The second kappa shape index (κ2) is 6.26. The molecule has 0 aromatic heterocycles. The first-order valence-corrected chi connectivity index (χ1v) is 4.71.